The minimum atomic E-state index is 0.427. The average Bonchev–Trinajstić information content (AvgIpc) is 2.29. The Kier molecular flexibility index (Phi) is 3.71. The van der Waals surface area contributed by atoms with Crippen molar-refractivity contribution in [2.45, 2.75) is 0 Å². The van der Waals surface area contributed by atoms with Crippen molar-refractivity contribution in [3.05, 3.63) is 46.7 Å². The highest BCUT2D eigenvalue weighted by Crippen LogP contribution is 2.30. The van der Waals surface area contributed by atoms with E-state index in [1.54, 1.807) is 37.6 Å². The number of pyridine rings is 1. The number of hydrogen-bond acceptors (Lipinski definition) is 3. The molecule has 0 spiro atoms. The van der Waals surface area contributed by atoms with Crippen LogP contribution in [0.3, 0.4) is 0 Å². The fraction of sp³-hybridized carbons (Fsp3) is 0.0833. The molecule has 17 heavy (non-hydrogen) atoms. The van der Waals surface area contributed by atoms with Crippen molar-refractivity contribution >= 4 is 34.6 Å². The predicted octanol–water partition coefficient (Wildman–Crippen LogP) is 4.14. The van der Waals surface area contributed by atoms with Crippen LogP contribution < -0.4 is 10.1 Å². The maximum absolute atomic E-state index is 5.94. The molecule has 0 aliphatic rings. The van der Waals surface area contributed by atoms with Gasteiger partial charge in [0, 0.05) is 16.9 Å². The normalized spacial score (nSPS) is 10.1. The molecule has 0 fully saturated rings. The van der Waals surface area contributed by atoms with Crippen LogP contribution in [0.5, 0.6) is 5.75 Å². The highest BCUT2D eigenvalue weighted by molar-refractivity contribution is 6.31. The summed E-state index contributed by atoms with van der Waals surface area (Å²) in [7, 11) is 1.61. The van der Waals surface area contributed by atoms with E-state index >= 15 is 0 Å². The summed E-state index contributed by atoms with van der Waals surface area (Å²) in [5, 5.41) is 4.23. The van der Waals surface area contributed by atoms with Crippen molar-refractivity contribution in [3.8, 4) is 5.75 Å². The van der Waals surface area contributed by atoms with Crippen LogP contribution in [0, 0.1) is 0 Å². The van der Waals surface area contributed by atoms with Gasteiger partial charge in [-0.15, -0.1) is 0 Å². The quantitative estimate of drug-likeness (QED) is 0.850. The number of anilines is 2. The molecule has 0 amide bonds. The lowest BCUT2D eigenvalue weighted by Crippen LogP contribution is -1.94. The summed E-state index contributed by atoms with van der Waals surface area (Å²) in [6.07, 6.45) is 1.63. The average molecular weight is 269 g/mol. The van der Waals surface area contributed by atoms with Gasteiger partial charge < -0.3 is 10.1 Å². The highest BCUT2D eigenvalue weighted by atomic mass is 35.5. The molecule has 1 heterocycles. The molecule has 0 unspecified atom stereocenters. The SMILES string of the molecule is COc1ccc(Cl)cc1Nc1ccnc(Cl)c1. The molecule has 1 aromatic heterocycles. The second-order valence-corrected chi connectivity index (χ2v) is 4.16. The third-order valence-electron chi connectivity index (χ3n) is 2.17. The van der Waals surface area contributed by atoms with Gasteiger partial charge in [0.1, 0.15) is 10.9 Å². The van der Waals surface area contributed by atoms with Crippen LogP contribution in [-0.2, 0) is 0 Å². The maximum atomic E-state index is 5.94. The highest BCUT2D eigenvalue weighted by Gasteiger charge is 2.04. The number of halogens is 2. The van der Waals surface area contributed by atoms with E-state index < -0.39 is 0 Å². The van der Waals surface area contributed by atoms with Crippen molar-refractivity contribution in [1.29, 1.82) is 0 Å². The molecule has 1 aromatic carbocycles. The van der Waals surface area contributed by atoms with Crippen LogP contribution in [0.1, 0.15) is 0 Å². The molecule has 0 bridgehead atoms. The molecule has 0 saturated carbocycles. The first-order valence-corrected chi connectivity index (χ1v) is 5.67. The van der Waals surface area contributed by atoms with Gasteiger partial charge in [-0.05, 0) is 30.3 Å². The predicted molar refractivity (Wildman–Crippen MR) is 70.5 cm³/mol. The molecule has 1 N–H and O–H groups in total. The van der Waals surface area contributed by atoms with E-state index in [4.69, 9.17) is 27.9 Å². The van der Waals surface area contributed by atoms with Gasteiger partial charge in [-0.2, -0.15) is 0 Å². The third-order valence-corrected chi connectivity index (χ3v) is 2.61. The topological polar surface area (TPSA) is 34.1 Å². The van der Waals surface area contributed by atoms with Gasteiger partial charge in [0.25, 0.3) is 0 Å². The lowest BCUT2D eigenvalue weighted by atomic mass is 10.2. The van der Waals surface area contributed by atoms with Gasteiger partial charge in [-0.1, -0.05) is 23.2 Å². The lowest BCUT2D eigenvalue weighted by molar-refractivity contribution is 0.417. The molecule has 0 radical (unpaired) electrons. The van der Waals surface area contributed by atoms with Crippen molar-refractivity contribution in [1.82, 2.24) is 4.98 Å². The molecule has 0 atom stereocenters. The van der Waals surface area contributed by atoms with E-state index in [-0.39, 0.29) is 0 Å². The molecule has 2 aromatic rings. The first kappa shape index (κ1) is 12.0. The summed E-state index contributed by atoms with van der Waals surface area (Å²) < 4.78 is 5.23. The Morgan fingerprint density at radius 1 is 1.18 bits per heavy atom. The van der Waals surface area contributed by atoms with Gasteiger partial charge >= 0.3 is 0 Å². The molecular formula is C12H10Cl2N2O. The Morgan fingerprint density at radius 2 is 2.00 bits per heavy atom. The van der Waals surface area contributed by atoms with Crippen LogP contribution in [0.2, 0.25) is 10.2 Å². The number of benzene rings is 1. The molecule has 5 heteroatoms. The van der Waals surface area contributed by atoms with E-state index in [0.717, 1.165) is 11.4 Å². The van der Waals surface area contributed by atoms with Gasteiger partial charge in [-0.25, -0.2) is 4.98 Å². The fourth-order valence-electron chi connectivity index (χ4n) is 1.41. The molecule has 3 nitrogen and oxygen atoms in total. The maximum Gasteiger partial charge on any atom is 0.142 e. The van der Waals surface area contributed by atoms with Crippen LogP contribution in [0.4, 0.5) is 11.4 Å². The van der Waals surface area contributed by atoms with E-state index in [1.807, 2.05) is 6.07 Å². The largest absolute Gasteiger partial charge is 0.495 e. The summed E-state index contributed by atoms with van der Waals surface area (Å²) >= 11 is 11.7. The molecular weight excluding hydrogens is 259 g/mol. The number of ether oxygens (including phenoxy) is 1. The second kappa shape index (κ2) is 5.25. The summed E-state index contributed by atoms with van der Waals surface area (Å²) in [4.78, 5) is 3.91. The van der Waals surface area contributed by atoms with Crippen molar-refractivity contribution in [3.63, 3.8) is 0 Å². The van der Waals surface area contributed by atoms with E-state index in [0.29, 0.717) is 15.9 Å². The van der Waals surface area contributed by atoms with Crippen molar-refractivity contribution in [2.24, 2.45) is 0 Å². The van der Waals surface area contributed by atoms with Crippen LogP contribution in [0.25, 0.3) is 0 Å². The van der Waals surface area contributed by atoms with E-state index in [1.165, 1.54) is 0 Å². The van der Waals surface area contributed by atoms with E-state index in [9.17, 15) is 0 Å². The zero-order valence-electron chi connectivity index (χ0n) is 9.08. The van der Waals surface area contributed by atoms with E-state index in [2.05, 4.69) is 10.3 Å². The molecule has 0 aliphatic heterocycles. The molecule has 0 saturated heterocycles. The lowest BCUT2D eigenvalue weighted by Gasteiger charge is -2.11. The number of methoxy groups -OCH3 is 1. The van der Waals surface area contributed by atoms with Crippen molar-refractivity contribution in [2.75, 3.05) is 12.4 Å². The van der Waals surface area contributed by atoms with Gasteiger partial charge in [0.2, 0.25) is 0 Å². The summed E-state index contributed by atoms with van der Waals surface area (Å²) in [5.41, 5.74) is 1.60. The minimum Gasteiger partial charge on any atom is -0.495 e. The Morgan fingerprint density at radius 3 is 2.71 bits per heavy atom. The smallest absolute Gasteiger partial charge is 0.142 e. The third kappa shape index (κ3) is 3.02. The zero-order chi connectivity index (χ0) is 12.3. The molecule has 88 valence electrons. The standard InChI is InChI=1S/C12H10Cl2N2O/c1-17-11-3-2-8(13)6-10(11)16-9-4-5-15-12(14)7-9/h2-7H,1H3,(H,15,16). The first-order chi connectivity index (χ1) is 8.19. The van der Waals surface area contributed by atoms with Gasteiger partial charge in [0.05, 0.1) is 12.8 Å². The monoisotopic (exact) mass is 268 g/mol. The van der Waals surface area contributed by atoms with Crippen molar-refractivity contribution < 1.29 is 4.74 Å². The fourth-order valence-corrected chi connectivity index (χ4v) is 1.76. The van der Waals surface area contributed by atoms with Crippen LogP contribution >= 0.6 is 23.2 Å². The zero-order valence-corrected chi connectivity index (χ0v) is 10.6. The second-order valence-electron chi connectivity index (χ2n) is 3.34. The van der Waals surface area contributed by atoms with Gasteiger partial charge in [-0.3, -0.25) is 0 Å². The van der Waals surface area contributed by atoms with Gasteiger partial charge in [0.15, 0.2) is 0 Å². The number of nitrogens with one attached hydrogen (secondary N) is 1. The minimum absolute atomic E-state index is 0.427. The molecule has 2 rings (SSSR count). The summed E-state index contributed by atoms with van der Waals surface area (Å²) in [6.45, 7) is 0. The summed E-state index contributed by atoms with van der Waals surface area (Å²) in [6, 6.07) is 8.89. The Labute approximate surface area is 109 Å². The van der Waals surface area contributed by atoms with Crippen LogP contribution in [-0.4, -0.2) is 12.1 Å². The van der Waals surface area contributed by atoms with Crippen LogP contribution in [0.15, 0.2) is 36.5 Å². The Bertz CT molecular complexity index is 532. The number of nitrogens with zero attached hydrogens (tertiary/aromatic N) is 1. The first-order valence-electron chi connectivity index (χ1n) is 4.91. The number of aromatic nitrogens is 1. The Hall–Kier alpha value is -1.45. The number of hydrogen-bond donors (Lipinski definition) is 1. The summed E-state index contributed by atoms with van der Waals surface area (Å²) in [5.74, 6) is 0.710. The molecule has 0 aliphatic carbocycles. The number of rotatable bonds is 3. The Balaban J connectivity index is 2.32.